The molecule has 0 bridgehead atoms. The van der Waals surface area contributed by atoms with Crippen molar-refractivity contribution in [3.63, 3.8) is 0 Å². The maximum atomic E-state index is 11.8. The van der Waals surface area contributed by atoms with Crippen LogP contribution >= 0.6 is 23.1 Å². The molecule has 0 aliphatic rings. The van der Waals surface area contributed by atoms with Crippen LogP contribution in [0.15, 0.2) is 17.8 Å². The zero-order valence-electron chi connectivity index (χ0n) is 11.2. The van der Waals surface area contributed by atoms with Gasteiger partial charge in [0.1, 0.15) is 10.8 Å². The Bertz CT molecular complexity index is 620. The first-order valence-electron chi connectivity index (χ1n) is 5.83. The normalized spacial score (nSPS) is 10.5. The number of amides is 1. The highest BCUT2D eigenvalue weighted by molar-refractivity contribution is 7.99. The largest absolute Gasteiger partial charge is 0.302 e. The minimum atomic E-state index is -0.142. The zero-order valence-corrected chi connectivity index (χ0v) is 12.8. The summed E-state index contributed by atoms with van der Waals surface area (Å²) in [6.45, 7) is 8.02. The molecule has 0 aromatic carbocycles. The summed E-state index contributed by atoms with van der Waals surface area (Å²) in [4.78, 5) is 11.8. The molecular formula is C11H14N6OS2. The van der Waals surface area contributed by atoms with Gasteiger partial charge in [0.05, 0.1) is 5.75 Å². The van der Waals surface area contributed by atoms with E-state index in [4.69, 9.17) is 0 Å². The minimum Gasteiger partial charge on any atom is -0.302 e. The van der Waals surface area contributed by atoms with E-state index in [0.29, 0.717) is 16.8 Å². The molecule has 9 heteroatoms. The molecule has 0 fully saturated rings. The number of thioether (sulfide) groups is 1. The van der Waals surface area contributed by atoms with Crippen molar-refractivity contribution >= 4 is 34.1 Å². The van der Waals surface area contributed by atoms with E-state index in [0.717, 1.165) is 10.8 Å². The first kappa shape index (κ1) is 14.7. The van der Waals surface area contributed by atoms with Crippen LogP contribution in [-0.4, -0.2) is 36.6 Å². The standard InChI is InChI=1S/C11H14N6OS2/c1-4-5-17-7(2)13-16-11(17)19-6-9(18)12-10-15-14-8(3)20-10/h4H,1,5-6H2,2-3H3,(H,12,15,18). The van der Waals surface area contributed by atoms with Crippen LogP contribution in [0.5, 0.6) is 0 Å². The van der Waals surface area contributed by atoms with Gasteiger partial charge in [-0.2, -0.15) is 0 Å². The van der Waals surface area contributed by atoms with Gasteiger partial charge in [0.25, 0.3) is 0 Å². The van der Waals surface area contributed by atoms with Crippen LogP contribution in [-0.2, 0) is 11.3 Å². The SMILES string of the molecule is C=CCn1c(C)nnc1SCC(=O)Nc1nnc(C)s1. The predicted molar refractivity (Wildman–Crippen MR) is 79.0 cm³/mol. The molecule has 0 aliphatic heterocycles. The van der Waals surface area contributed by atoms with E-state index in [1.165, 1.54) is 23.1 Å². The number of hydrogen-bond donors (Lipinski definition) is 1. The Hall–Kier alpha value is -1.74. The van der Waals surface area contributed by atoms with E-state index >= 15 is 0 Å². The Morgan fingerprint density at radius 3 is 2.85 bits per heavy atom. The van der Waals surface area contributed by atoms with Crippen LogP contribution in [0.2, 0.25) is 0 Å². The smallest absolute Gasteiger partial charge is 0.236 e. The maximum Gasteiger partial charge on any atom is 0.236 e. The average Bonchev–Trinajstić information content (AvgIpc) is 2.96. The number of allylic oxidation sites excluding steroid dienone is 1. The van der Waals surface area contributed by atoms with E-state index < -0.39 is 0 Å². The Morgan fingerprint density at radius 1 is 1.40 bits per heavy atom. The lowest BCUT2D eigenvalue weighted by Gasteiger charge is -2.04. The molecule has 106 valence electrons. The predicted octanol–water partition coefficient (Wildman–Crippen LogP) is 1.66. The molecule has 7 nitrogen and oxygen atoms in total. The number of nitrogens with zero attached hydrogens (tertiary/aromatic N) is 5. The number of nitrogens with one attached hydrogen (secondary N) is 1. The lowest BCUT2D eigenvalue weighted by atomic mass is 10.6. The van der Waals surface area contributed by atoms with Gasteiger partial charge in [0, 0.05) is 6.54 Å². The molecule has 20 heavy (non-hydrogen) atoms. The Balaban J connectivity index is 1.91. The van der Waals surface area contributed by atoms with Crippen LogP contribution in [0, 0.1) is 13.8 Å². The van der Waals surface area contributed by atoms with Crippen LogP contribution in [0.3, 0.4) is 0 Å². The van der Waals surface area contributed by atoms with Crippen molar-refractivity contribution in [3.05, 3.63) is 23.5 Å². The molecule has 0 unspecified atom stereocenters. The third-order valence-electron chi connectivity index (χ3n) is 2.32. The highest BCUT2D eigenvalue weighted by atomic mass is 32.2. The molecule has 2 rings (SSSR count). The molecule has 1 N–H and O–H groups in total. The van der Waals surface area contributed by atoms with Gasteiger partial charge in [-0.05, 0) is 13.8 Å². The Morgan fingerprint density at radius 2 is 2.20 bits per heavy atom. The first-order valence-corrected chi connectivity index (χ1v) is 7.64. The van der Waals surface area contributed by atoms with Crippen molar-refractivity contribution in [3.8, 4) is 0 Å². The number of carbonyl (C=O) groups excluding carboxylic acids is 1. The molecule has 0 saturated carbocycles. The van der Waals surface area contributed by atoms with Gasteiger partial charge in [0.2, 0.25) is 11.0 Å². The second kappa shape index (κ2) is 6.62. The van der Waals surface area contributed by atoms with Crippen LogP contribution in [0.4, 0.5) is 5.13 Å². The molecule has 0 spiro atoms. The van der Waals surface area contributed by atoms with Gasteiger partial charge < -0.3 is 4.57 Å². The van der Waals surface area contributed by atoms with Crippen molar-refractivity contribution in [2.75, 3.05) is 11.1 Å². The van der Waals surface area contributed by atoms with E-state index in [-0.39, 0.29) is 11.7 Å². The fourth-order valence-corrected chi connectivity index (χ4v) is 2.84. The third-order valence-corrected chi connectivity index (χ3v) is 4.04. The summed E-state index contributed by atoms with van der Waals surface area (Å²) in [5.41, 5.74) is 0. The molecular weight excluding hydrogens is 296 g/mol. The molecule has 0 saturated heterocycles. The Kier molecular flexibility index (Phi) is 4.85. The number of hydrogen-bond acceptors (Lipinski definition) is 7. The zero-order chi connectivity index (χ0) is 14.5. The van der Waals surface area contributed by atoms with Gasteiger partial charge in [-0.15, -0.1) is 27.0 Å². The summed E-state index contributed by atoms with van der Waals surface area (Å²) in [5, 5.41) is 20.4. The lowest BCUT2D eigenvalue weighted by Crippen LogP contribution is -2.14. The summed E-state index contributed by atoms with van der Waals surface area (Å²) in [6.07, 6.45) is 1.77. The van der Waals surface area contributed by atoms with Crippen molar-refractivity contribution in [2.45, 2.75) is 25.5 Å². The van der Waals surface area contributed by atoms with E-state index in [2.05, 4.69) is 32.3 Å². The average molecular weight is 310 g/mol. The number of anilines is 1. The quantitative estimate of drug-likeness (QED) is 0.645. The highest BCUT2D eigenvalue weighted by Gasteiger charge is 2.12. The topological polar surface area (TPSA) is 85.6 Å². The molecule has 2 heterocycles. The fourth-order valence-electron chi connectivity index (χ4n) is 1.44. The second-order valence-electron chi connectivity index (χ2n) is 3.89. The van der Waals surface area contributed by atoms with E-state index in [1.807, 2.05) is 18.4 Å². The number of aromatic nitrogens is 5. The number of rotatable bonds is 6. The number of aryl methyl sites for hydroxylation is 2. The molecule has 0 atom stereocenters. The number of carbonyl (C=O) groups is 1. The fraction of sp³-hybridized carbons (Fsp3) is 0.364. The van der Waals surface area contributed by atoms with Gasteiger partial charge in [-0.3, -0.25) is 10.1 Å². The molecule has 2 aromatic heterocycles. The van der Waals surface area contributed by atoms with Crippen molar-refractivity contribution < 1.29 is 4.79 Å². The van der Waals surface area contributed by atoms with Gasteiger partial charge in [0.15, 0.2) is 5.16 Å². The van der Waals surface area contributed by atoms with Gasteiger partial charge in [-0.25, -0.2) is 0 Å². The molecule has 0 aliphatic carbocycles. The summed E-state index contributed by atoms with van der Waals surface area (Å²) in [5.74, 6) is 0.901. The third kappa shape index (κ3) is 3.64. The van der Waals surface area contributed by atoms with Crippen LogP contribution in [0.1, 0.15) is 10.8 Å². The Labute approximate surface area is 124 Å². The minimum absolute atomic E-state index is 0.142. The van der Waals surface area contributed by atoms with E-state index in [1.54, 1.807) is 6.08 Å². The van der Waals surface area contributed by atoms with Gasteiger partial charge in [-0.1, -0.05) is 29.2 Å². The van der Waals surface area contributed by atoms with Gasteiger partial charge >= 0.3 is 0 Å². The van der Waals surface area contributed by atoms with Crippen molar-refractivity contribution in [2.24, 2.45) is 0 Å². The molecule has 2 aromatic rings. The molecule has 0 radical (unpaired) electrons. The summed E-state index contributed by atoms with van der Waals surface area (Å²) >= 11 is 2.67. The summed E-state index contributed by atoms with van der Waals surface area (Å²) in [6, 6.07) is 0. The van der Waals surface area contributed by atoms with Crippen LogP contribution in [0.25, 0.3) is 0 Å². The maximum absolute atomic E-state index is 11.8. The molecule has 1 amide bonds. The van der Waals surface area contributed by atoms with Crippen molar-refractivity contribution in [1.82, 2.24) is 25.0 Å². The van der Waals surface area contributed by atoms with Crippen LogP contribution < -0.4 is 5.32 Å². The second-order valence-corrected chi connectivity index (χ2v) is 6.02. The summed E-state index contributed by atoms with van der Waals surface area (Å²) < 4.78 is 1.90. The lowest BCUT2D eigenvalue weighted by molar-refractivity contribution is -0.113. The monoisotopic (exact) mass is 310 g/mol. The first-order chi connectivity index (χ1) is 9.60. The summed E-state index contributed by atoms with van der Waals surface area (Å²) in [7, 11) is 0. The highest BCUT2D eigenvalue weighted by Crippen LogP contribution is 2.18. The van der Waals surface area contributed by atoms with Crippen molar-refractivity contribution in [1.29, 1.82) is 0 Å². The van der Waals surface area contributed by atoms with E-state index in [9.17, 15) is 4.79 Å².